The Hall–Kier alpha value is -2.18. The summed E-state index contributed by atoms with van der Waals surface area (Å²) in [6.07, 6.45) is 6.05. The van der Waals surface area contributed by atoms with Crippen LogP contribution in [-0.4, -0.2) is 0 Å². The third-order valence-electron chi connectivity index (χ3n) is 4.38. The Morgan fingerprint density at radius 1 is 1.12 bits per heavy atom. The monoisotopic (exact) mass is 360 g/mol. The first-order valence-corrected chi connectivity index (χ1v) is 8.47. The van der Waals surface area contributed by atoms with Crippen LogP contribution in [0.2, 0.25) is 5.02 Å². The van der Waals surface area contributed by atoms with Crippen LogP contribution in [0.25, 0.3) is 0 Å². The summed E-state index contributed by atoms with van der Waals surface area (Å²) in [5.41, 5.74) is 1.28. The second-order valence-corrected chi connectivity index (χ2v) is 6.50. The van der Waals surface area contributed by atoms with E-state index in [0.29, 0.717) is 35.4 Å². The number of allylic oxidation sites excluding steroid dienone is 2. The largest absolute Gasteiger partial charge is 0.206 e. The molecule has 0 amide bonds. The molecule has 0 nitrogen and oxygen atoms in total. The van der Waals surface area contributed by atoms with Crippen LogP contribution >= 0.6 is 11.6 Å². The topological polar surface area (TPSA) is 0 Å². The lowest BCUT2D eigenvalue weighted by Gasteiger charge is -2.23. The SMILES string of the molecule is C/C=C/C1CCc2c(cc(F)c(C#Cc3ccc(Cl)c(F)c3)c2F)C1. The van der Waals surface area contributed by atoms with Gasteiger partial charge in [-0.3, -0.25) is 0 Å². The van der Waals surface area contributed by atoms with E-state index in [1.165, 1.54) is 18.2 Å². The van der Waals surface area contributed by atoms with Crippen molar-refractivity contribution >= 4 is 11.6 Å². The van der Waals surface area contributed by atoms with Crippen LogP contribution in [0.4, 0.5) is 13.2 Å². The molecule has 0 saturated heterocycles. The van der Waals surface area contributed by atoms with Crippen molar-refractivity contribution in [2.24, 2.45) is 5.92 Å². The molecule has 4 heteroatoms. The van der Waals surface area contributed by atoms with Crippen molar-refractivity contribution in [1.29, 1.82) is 0 Å². The van der Waals surface area contributed by atoms with Gasteiger partial charge in [-0.05, 0) is 67.5 Å². The number of hydrogen-bond acceptors (Lipinski definition) is 0. The van der Waals surface area contributed by atoms with Gasteiger partial charge in [-0.1, -0.05) is 35.6 Å². The van der Waals surface area contributed by atoms with Gasteiger partial charge in [0.1, 0.15) is 17.5 Å². The predicted octanol–water partition coefficient (Wildman–Crippen LogP) is 5.84. The molecule has 0 bridgehead atoms. The molecule has 0 saturated carbocycles. The van der Waals surface area contributed by atoms with Gasteiger partial charge in [0.15, 0.2) is 0 Å². The second-order valence-electron chi connectivity index (χ2n) is 6.09. The Labute approximate surface area is 150 Å². The molecule has 128 valence electrons. The fourth-order valence-electron chi connectivity index (χ4n) is 3.14. The van der Waals surface area contributed by atoms with Crippen LogP contribution in [0, 0.1) is 35.2 Å². The van der Waals surface area contributed by atoms with Crippen molar-refractivity contribution in [3.63, 3.8) is 0 Å². The normalized spacial score (nSPS) is 16.4. The zero-order valence-electron chi connectivity index (χ0n) is 13.7. The maximum atomic E-state index is 14.7. The fourth-order valence-corrected chi connectivity index (χ4v) is 3.25. The van der Waals surface area contributed by atoms with E-state index < -0.39 is 17.5 Å². The van der Waals surface area contributed by atoms with Gasteiger partial charge in [0, 0.05) is 5.56 Å². The lowest BCUT2D eigenvalue weighted by Crippen LogP contribution is -2.15. The molecular formula is C21H16ClF3. The van der Waals surface area contributed by atoms with Crippen LogP contribution in [-0.2, 0) is 12.8 Å². The van der Waals surface area contributed by atoms with Crippen LogP contribution in [0.5, 0.6) is 0 Å². The maximum Gasteiger partial charge on any atom is 0.145 e. The molecule has 2 aromatic carbocycles. The molecule has 0 N–H and O–H groups in total. The molecule has 1 aliphatic rings. The summed E-state index contributed by atoms with van der Waals surface area (Å²) in [4.78, 5) is 0. The first kappa shape index (κ1) is 17.6. The highest BCUT2D eigenvalue weighted by Gasteiger charge is 2.23. The van der Waals surface area contributed by atoms with Crippen LogP contribution in [0.15, 0.2) is 36.4 Å². The Morgan fingerprint density at radius 2 is 1.92 bits per heavy atom. The number of hydrogen-bond donors (Lipinski definition) is 0. The molecule has 3 rings (SSSR count). The van der Waals surface area contributed by atoms with E-state index in [0.717, 1.165) is 12.5 Å². The fraction of sp³-hybridized carbons (Fsp3) is 0.238. The standard InChI is InChI=1S/C21H16ClF3/c1-2-3-13-4-7-16-15(10-13)12-19(23)17(21(16)25)8-5-14-6-9-18(22)20(24)11-14/h2-3,6,9,11-13H,4,7,10H2,1H3/b3-2+. The quantitative estimate of drug-likeness (QED) is 0.443. The molecule has 25 heavy (non-hydrogen) atoms. The summed E-state index contributed by atoms with van der Waals surface area (Å²) in [6.45, 7) is 1.94. The number of fused-ring (bicyclic) bond motifs is 1. The number of benzene rings is 2. The summed E-state index contributed by atoms with van der Waals surface area (Å²) < 4.78 is 42.5. The maximum absolute atomic E-state index is 14.7. The molecule has 0 spiro atoms. The zero-order chi connectivity index (χ0) is 18.0. The van der Waals surface area contributed by atoms with E-state index in [1.807, 2.05) is 13.0 Å². The average molecular weight is 361 g/mol. The predicted molar refractivity (Wildman–Crippen MR) is 94.1 cm³/mol. The van der Waals surface area contributed by atoms with E-state index in [2.05, 4.69) is 17.9 Å². The van der Waals surface area contributed by atoms with Gasteiger partial charge in [-0.25, -0.2) is 13.2 Å². The van der Waals surface area contributed by atoms with Gasteiger partial charge < -0.3 is 0 Å². The van der Waals surface area contributed by atoms with E-state index in [4.69, 9.17) is 11.6 Å². The Morgan fingerprint density at radius 3 is 2.64 bits per heavy atom. The van der Waals surface area contributed by atoms with Crippen LogP contribution < -0.4 is 0 Å². The van der Waals surface area contributed by atoms with Gasteiger partial charge >= 0.3 is 0 Å². The Balaban J connectivity index is 1.96. The summed E-state index contributed by atoms with van der Waals surface area (Å²) in [5.74, 6) is 3.53. The minimum atomic E-state index is -0.681. The molecule has 0 aromatic heterocycles. The van der Waals surface area contributed by atoms with Crippen molar-refractivity contribution in [2.45, 2.75) is 26.2 Å². The first-order valence-electron chi connectivity index (χ1n) is 8.09. The summed E-state index contributed by atoms with van der Waals surface area (Å²) in [6, 6.07) is 5.39. The third-order valence-corrected chi connectivity index (χ3v) is 4.68. The first-order chi connectivity index (χ1) is 12.0. The minimum Gasteiger partial charge on any atom is -0.206 e. The van der Waals surface area contributed by atoms with Crippen molar-refractivity contribution in [2.75, 3.05) is 0 Å². The molecule has 0 heterocycles. The smallest absolute Gasteiger partial charge is 0.145 e. The molecule has 1 atom stereocenters. The molecule has 0 radical (unpaired) electrons. The molecule has 0 aliphatic heterocycles. The van der Waals surface area contributed by atoms with Crippen molar-refractivity contribution in [1.82, 2.24) is 0 Å². The van der Waals surface area contributed by atoms with E-state index >= 15 is 0 Å². The van der Waals surface area contributed by atoms with Crippen molar-refractivity contribution < 1.29 is 13.2 Å². The summed E-state index contributed by atoms with van der Waals surface area (Å²) in [7, 11) is 0. The van der Waals surface area contributed by atoms with Gasteiger partial charge in [0.2, 0.25) is 0 Å². The molecule has 1 aliphatic carbocycles. The lowest BCUT2D eigenvalue weighted by molar-refractivity contribution is 0.504. The van der Waals surface area contributed by atoms with Gasteiger partial charge in [0.25, 0.3) is 0 Å². The second kappa shape index (κ2) is 7.37. The highest BCUT2D eigenvalue weighted by Crippen LogP contribution is 2.31. The van der Waals surface area contributed by atoms with Crippen LogP contribution in [0.3, 0.4) is 0 Å². The van der Waals surface area contributed by atoms with E-state index in [9.17, 15) is 13.2 Å². The summed E-state index contributed by atoms with van der Waals surface area (Å²) >= 11 is 5.61. The lowest BCUT2D eigenvalue weighted by atomic mass is 9.82. The number of rotatable bonds is 1. The molecular weight excluding hydrogens is 345 g/mol. The summed E-state index contributed by atoms with van der Waals surface area (Å²) in [5, 5.41) is -0.0209. The molecule has 1 unspecified atom stereocenters. The van der Waals surface area contributed by atoms with Crippen molar-refractivity contribution in [3.05, 3.63) is 81.1 Å². The zero-order valence-corrected chi connectivity index (χ0v) is 14.4. The number of halogens is 4. The Kier molecular flexibility index (Phi) is 5.20. The third kappa shape index (κ3) is 3.75. The minimum absolute atomic E-state index is 0.0209. The Bertz CT molecular complexity index is 904. The molecule has 0 fully saturated rings. The van der Waals surface area contributed by atoms with Gasteiger partial charge in [-0.15, -0.1) is 0 Å². The highest BCUT2D eigenvalue weighted by atomic mass is 35.5. The average Bonchev–Trinajstić information content (AvgIpc) is 2.58. The van der Waals surface area contributed by atoms with Crippen LogP contribution in [0.1, 0.15) is 35.6 Å². The highest BCUT2D eigenvalue weighted by molar-refractivity contribution is 6.30. The van der Waals surface area contributed by atoms with E-state index in [1.54, 1.807) is 0 Å². The van der Waals surface area contributed by atoms with Gasteiger partial charge in [-0.2, -0.15) is 0 Å². The van der Waals surface area contributed by atoms with E-state index in [-0.39, 0.29) is 10.6 Å². The molecule has 2 aromatic rings. The van der Waals surface area contributed by atoms with Crippen molar-refractivity contribution in [3.8, 4) is 11.8 Å². The van der Waals surface area contributed by atoms with Gasteiger partial charge in [0.05, 0.1) is 10.6 Å².